The van der Waals surface area contributed by atoms with Crippen LogP contribution in [0, 0.1) is 0 Å². The standard InChI is InChI=1S/C15H21N3O4S/c1-16-14(19)11-23(21,22)13-7-9-18(10-8-13)15(20)17-12-5-3-2-4-6-12/h2-6,13H,7-11H2,1H3,(H,16,19)(H,17,20). The fraction of sp³-hybridized carbons (Fsp3) is 0.467. The summed E-state index contributed by atoms with van der Waals surface area (Å²) >= 11 is 0. The molecule has 0 bridgehead atoms. The molecule has 1 fully saturated rings. The Balaban J connectivity index is 1.88. The fourth-order valence-electron chi connectivity index (χ4n) is 2.51. The Kier molecular flexibility index (Phi) is 5.59. The predicted octanol–water partition coefficient (Wildman–Crippen LogP) is 0.844. The maximum absolute atomic E-state index is 12.1. The highest BCUT2D eigenvalue weighted by molar-refractivity contribution is 7.92. The highest BCUT2D eigenvalue weighted by atomic mass is 32.2. The molecule has 1 aromatic carbocycles. The molecule has 7 nitrogen and oxygen atoms in total. The van der Waals surface area contributed by atoms with Gasteiger partial charge >= 0.3 is 6.03 Å². The lowest BCUT2D eigenvalue weighted by Gasteiger charge is -2.31. The van der Waals surface area contributed by atoms with Crippen LogP contribution in [0.25, 0.3) is 0 Å². The average Bonchev–Trinajstić information content (AvgIpc) is 2.55. The van der Waals surface area contributed by atoms with Gasteiger partial charge in [-0.1, -0.05) is 18.2 Å². The van der Waals surface area contributed by atoms with E-state index in [4.69, 9.17) is 0 Å². The Morgan fingerprint density at radius 3 is 2.35 bits per heavy atom. The van der Waals surface area contributed by atoms with Gasteiger partial charge in [0.15, 0.2) is 9.84 Å². The van der Waals surface area contributed by atoms with Gasteiger partial charge in [0.05, 0.1) is 5.25 Å². The van der Waals surface area contributed by atoms with Gasteiger partial charge in [-0.25, -0.2) is 13.2 Å². The number of nitrogens with zero attached hydrogens (tertiary/aromatic N) is 1. The van der Waals surface area contributed by atoms with E-state index in [9.17, 15) is 18.0 Å². The number of piperidine rings is 1. The number of likely N-dealkylation sites (tertiary alicyclic amines) is 1. The molecule has 126 valence electrons. The van der Waals surface area contributed by atoms with Gasteiger partial charge in [0.2, 0.25) is 5.91 Å². The third-order valence-corrected chi connectivity index (χ3v) is 6.02. The largest absolute Gasteiger partial charge is 0.358 e. The number of rotatable bonds is 4. The third kappa shape index (κ3) is 4.69. The second kappa shape index (κ2) is 7.45. The van der Waals surface area contributed by atoms with E-state index in [1.165, 1.54) is 7.05 Å². The summed E-state index contributed by atoms with van der Waals surface area (Å²) in [5, 5.41) is 4.53. The average molecular weight is 339 g/mol. The van der Waals surface area contributed by atoms with Gasteiger partial charge in [-0.3, -0.25) is 4.79 Å². The number of urea groups is 1. The summed E-state index contributed by atoms with van der Waals surface area (Å²) in [5.41, 5.74) is 0.701. The van der Waals surface area contributed by atoms with E-state index >= 15 is 0 Å². The highest BCUT2D eigenvalue weighted by Gasteiger charge is 2.32. The Labute approximate surface area is 136 Å². The predicted molar refractivity (Wildman–Crippen MR) is 87.9 cm³/mol. The molecule has 1 saturated heterocycles. The van der Waals surface area contributed by atoms with Gasteiger partial charge in [0, 0.05) is 25.8 Å². The van der Waals surface area contributed by atoms with Crippen molar-refractivity contribution in [2.75, 3.05) is 31.2 Å². The monoisotopic (exact) mass is 339 g/mol. The summed E-state index contributed by atoms with van der Waals surface area (Å²) in [4.78, 5) is 25.0. The summed E-state index contributed by atoms with van der Waals surface area (Å²) in [7, 11) is -2.06. The first kappa shape index (κ1) is 17.3. The minimum Gasteiger partial charge on any atom is -0.358 e. The second-order valence-corrected chi connectivity index (χ2v) is 7.74. The van der Waals surface area contributed by atoms with Gasteiger partial charge in [0.1, 0.15) is 5.75 Å². The first-order valence-corrected chi connectivity index (χ1v) is 9.17. The molecule has 2 N–H and O–H groups in total. The van der Waals surface area contributed by atoms with E-state index in [1.807, 2.05) is 18.2 Å². The molecule has 0 atom stereocenters. The Morgan fingerprint density at radius 2 is 1.78 bits per heavy atom. The smallest absolute Gasteiger partial charge is 0.321 e. The molecule has 2 rings (SSSR count). The molecule has 8 heteroatoms. The van der Waals surface area contributed by atoms with Crippen LogP contribution in [0.5, 0.6) is 0 Å². The zero-order valence-electron chi connectivity index (χ0n) is 13.0. The van der Waals surface area contributed by atoms with E-state index in [1.54, 1.807) is 17.0 Å². The van der Waals surface area contributed by atoms with Crippen molar-refractivity contribution in [2.45, 2.75) is 18.1 Å². The van der Waals surface area contributed by atoms with Crippen molar-refractivity contribution in [1.29, 1.82) is 0 Å². The quantitative estimate of drug-likeness (QED) is 0.850. The van der Waals surface area contributed by atoms with Crippen molar-refractivity contribution < 1.29 is 18.0 Å². The van der Waals surface area contributed by atoms with E-state index < -0.39 is 26.7 Å². The first-order chi connectivity index (χ1) is 10.9. The van der Waals surface area contributed by atoms with Crippen LogP contribution in [0.4, 0.5) is 10.5 Å². The lowest BCUT2D eigenvalue weighted by Crippen LogP contribution is -2.45. The number of hydrogen-bond acceptors (Lipinski definition) is 4. The number of amides is 3. The van der Waals surface area contributed by atoms with Gasteiger partial charge in [-0.05, 0) is 25.0 Å². The molecular formula is C15H21N3O4S. The number of nitrogens with one attached hydrogen (secondary N) is 2. The number of benzene rings is 1. The van der Waals surface area contributed by atoms with E-state index in [-0.39, 0.29) is 6.03 Å². The molecule has 3 amide bonds. The van der Waals surface area contributed by atoms with Crippen LogP contribution >= 0.6 is 0 Å². The van der Waals surface area contributed by atoms with Crippen molar-refractivity contribution in [1.82, 2.24) is 10.2 Å². The Bertz CT molecular complexity index is 653. The van der Waals surface area contributed by atoms with E-state index in [2.05, 4.69) is 10.6 Å². The van der Waals surface area contributed by atoms with Crippen molar-refractivity contribution in [3.63, 3.8) is 0 Å². The summed E-state index contributed by atoms with van der Waals surface area (Å²) in [5.74, 6) is -1.00. The first-order valence-electron chi connectivity index (χ1n) is 7.45. The molecule has 0 radical (unpaired) electrons. The molecular weight excluding hydrogens is 318 g/mol. The van der Waals surface area contributed by atoms with Gasteiger partial charge in [-0.15, -0.1) is 0 Å². The topological polar surface area (TPSA) is 95.6 Å². The van der Waals surface area contributed by atoms with Gasteiger partial charge in [0.25, 0.3) is 0 Å². The van der Waals surface area contributed by atoms with Crippen LogP contribution in [0.15, 0.2) is 30.3 Å². The minimum atomic E-state index is -3.47. The van der Waals surface area contributed by atoms with Crippen molar-refractivity contribution >= 4 is 27.5 Å². The molecule has 1 aromatic rings. The zero-order chi connectivity index (χ0) is 16.9. The number of carbonyl (C=O) groups is 2. The molecule has 0 saturated carbocycles. The number of carbonyl (C=O) groups excluding carboxylic acids is 2. The third-order valence-electron chi connectivity index (χ3n) is 3.87. The summed E-state index contributed by atoms with van der Waals surface area (Å²) in [6.07, 6.45) is 0.697. The Morgan fingerprint density at radius 1 is 1.17 bits per heavy atom. The molecule has 23 heavy (non-hydrogen) atoms. The molecule has 0 aromatic heterocycles. The second-order valence-electron chi connectivity index (χ2n) is 5.46. The van der Waals surface area contributed by atoms with Crippen LogP contribution < -0.4 is 10.6 Å². The lowest BCUT2D eigenvalue weighted by molar-refractivity contribution is -0.118. The van der Waals surface area contributed by atoms with Crippen LogP contribution in [0.3, 0.4) is 0 Å². The maximum atomic E-state index is 12.1. The summed E-state index contributed by atoms with van der Waals surface area (Å²) < 4.78 is 24.3. The van der Waals surface area contributed by atoms with E-state index in [0.29, 0.717) is 31.6 Å². The van der Waals surface area contributed by atoms with Crippen molar-refractivity contribution in [3.05, 3.63) is 30.3 Å². The van der Waals surface area contributed by atoms with Crippen LogP contribution in [0.1, 0.15) is 12.8 Å². The number of hydrogen-bond donors (Lipinski definition) is 2. The Hall–Kier alpha value is -2.09. The van der Waals surface area contributed by atoms with E-state index in [0.717, 1.165) is 0 Å². The fourth-order valence-corrected chi connectivity index (χ4v) is 4.19. The summed E-state index contributed by atoms with van der Waals surface area (Å²) in [6, 6.07) is 8.86. The normalized spacial score (nSPS) is 16.0. The van der Waals surface area contributed by atoms with Crippen LogP contribution in [-0.4, -0.2) is 56.4 Å². The SMILES string of the molecule is CNC(=O)CS(=O)(=O)C1CCN(C(=O)Nc2ccccc2)CC1. The van der Waals surface area contributed by atoms with Crippen LogP contribution in [0.2, 0.25) is 0 Å². The molecule has 0 spiro atoms. The molecule has 1 heterocycles. The molecule has 0 unspecified atom stereocenters. The van der Waals surface area contributed by atoms with Crippen molar-refractivity contribution in [2.24, 2.45) is 0 Å². The van der Waals surface area contributed by atoms with Crippen molar-refractivity contribution in [3.8, 4) is 0 Å². The van der Waals surface area contributed by atoms with Gasteiger partial charge in [-0.2, -0.15) is 0 Å². The highest BCUT2D eigenvalue weighted by Crippen LogP contribution is 2.19. The number of anilines is 1. The molecule has 1 aliphatic rings. The molecule has 0 aliphatic carbocycles. The zero-order valence-corrected chi connectivity index (χ0v) is 13.8. The minimum absolute atomic E-state index is 0.238. The maximum Gasteiger partial charge on any atom is 0.321 e. The summed E-state index contributed by atoms with van der Waals surface area (Å²) in [6.45, 7) is 0.715. The molecule has 1 aliphatic heterocycles. The number of para-hydroxylation sites is 1. The van der Waals surface area contributed by atoms with Gasteiger partial charge < -0.3 is 15.5 Å². The number of sulfone groups is 1. The van der Waals surface area contributed by atoms with Crippen LogP contribution in [-0.2, 0) is 14.6 Å². The lowest BCUT2D eigenvalue weighted by atomic mass is 10.1.